The van der Waals surface area contributed by atoms with Gasteiger partial charge in [0.15, 0.2) is 0 Å². The van der Waals surface area contributed by atoms with E-state index in [2.05, 4.69) is 31.6 Å². The summed E-state index contributed by atoms with van der Waals surface area (Å²) in [5, 5.41) is 24.8. The highest BCUT2D eigenvalue weighted by Crippen LogP contribution is 2.14. The summed E-state index contributed by atoms with van der Waals surface area (Å²) in [5.41, 5.74) is -0.185. The van der Waals surface area contributed by atoms with E-state index in [-0.39, 0.29) is 41.2 Å². The summed E-state index contributed by atoms with van der Waals surface area (Å²) < 4.78 is 0. The van der Waals surface area contributed by atoms with E-state index in [1.807, 2.05) is 48.5 Å². The average Bonchev–Trinajstić information content (AvgIpc) is 2.97. The number of carbonyl (C=O) groups excluding carboxylic acids is 5. The SMILES string of the molecule is CCC[C@H](NC(=O)[C@@H](NC(=O)c1ccc(=O)[nH]c1)C(C)CC)C(=O)N[C@@H](CC(C)C)[C@@H](O)CC(=O)N[C@H](C(=O)NCC)C(C)C. The molecule has 6 atom stereocenters. The first-order valence-electron chi connectivity index (χ1n) is 16.0. The van der Waals surface area contributed by atoms with E-state index in [0.717, 1.165) is 0 Å². The third-order valence-corrected chi connectivity index (χ3v) is 7.57. The van der Waals surface area contributed by atoms with Gasteiger partial charge in [-0.25, -0.2) is 0 Å². The normalized spacial score (nSPS) is 15.3. The highest BCUT2D eigenvalue weighted by atomic mass is 16.3. The van der Waals surface area contributed by atoms with Crippen molar-refractivity contribution in [1.82, 2.24) is 31.6 Å². The van der Waals surface area contributed by atoms with Crippen molar-refractivity contribution in [3.63, 3.8) is 0 Å². The summed E-state index contributed by atoms with van der Waals surface area (Å²) in [4.78, 5) is 78.9. The molecule has 7 N–H and O–H groups in total. The number of pyridine rings is 1. The Morgan fingerprint density at radius 3 is 2.02 bits per heavy atom. The summed E-state index contributed by atoms with van der Waals surface area (Å²) in [5.74, 6) is -2.84. The summed E-state index contributed by atoms with van der Waals surface area (Å²) in [6, 6.07) is -0.913. The smallest absolute Gasteiger partial charge is 0.253 e. The topological polar surface area (TPSA) is 199 Å². The highest BCUT2D eigenvalue weighted by molar-refractivity contribution is 5.98. The molecule has 5 amide bonds. The molecule has 13 heteroatoms. The molecular formula is C32H54N6O7. The molecule has 0 aliphatic rings. The fourth-order valence-corrected chi connectivity index (χ4v) is 4.78. The number of rotatable bonds is 19. The van der Waals surface area contributed by atoms with E-state index in [9.17, 15) is 33.9 Å². The van der Waals surface area contributed by atoms with Crippen molar-refractivity contribution in [2.45, 2.75) is 118 Å². The number of hydrogen-bond acceptors (Lipinski definition) is 7. The van der Waals surface area contributed by atoms with Crippen LogP contribution in [0.3, 0.4) is 0 Å². The lowest BCUT2D eigenvalue weighted by atomic mass is 9.95. The predicted octanol–water partition coefficient (Wildman–Crippen LogP) is 1.36. The molecule has 1 rings (SSSR count). The Morgan fingerprint density at radius 2 is 1.51 bits per heavy atom. The molecule has 0 saturated heterocycles. The number of aromatic amines is 1. The Hall–Kier alpha value is -3.74. The van der Waals surface area contributed by atoms with Crippen LogP contribution in [0, 0.1) is 17.8 Å². The molecule has 45 heavy (non-hydrogen) atoms. The third-order valence-electron chi connectivity index (χ3n) is 7.57. The van der Waals surface area contributed by atoms with Crippen molar-refractivity contribution >= 4 is 29.5 Å². The van der Waals surface area contributed by atoms with E-state index < -0.39 is 53.9 Å². The number of likely N-dealkylation sites (N-methyl/N-ethyl adjacent to an activating group) is 1. The number of carbonyl (C=O) groups is 5. The minimum Gasteiger partial charge on any atom is -0.390 e. The van der Waals surface area contributed by atoms with Crippen LogP contribution in [0.15, 0.2) is 23.1 Å². The van der Waals surface area contributed by atoms with Crippen molar-refractivity contribution < 1.29 is 29.1 Å². The number of amides is 5. The van der Waals surface area contributed by atoms with Gasteiger partial charge in [0.25, 0.3) is 5.91 Å². The standard InChI is InChI=1S/C32H54N6O7/c1-9-12-22(35-32(45)28(20(8)10-2)38-29(42)21-13-14-25(40)34-17-21)30(43)36-23(15-18(4)5)24(39)16-26(41)37-27(19(6)7)31(44)33-11-3/h13-14,17-20,22-24,27-28,39H,9-12,15-16H2,1-8H3,(H,33,44)(H,34,40)(H,35,45)(H,36,43)(H,37,41)(H,38,42)/t20?,22-,23-,24-,27-,28-/m0/s1. The van der Waals surface area contributed by atoms with E-state index in [1.54, 1.807) is 6.92 Å². The zero-order valence-electron chi connectivity index (χ0n) is 28.0. The van der Waals surface area contributed by atoms with Gasteiger partial charge >= 0.3 is 0 Å². The summed E-state index contributed by atoms with van der Waals surface area (Å²) in [6.45, 7) is 15.2. The van der Waals surface area contributed by atoms with Gasteiger partial charge in [0.1, 0.15) is 18.1 Å². The number of aromatic nitrogens is 1. The fraction of sp³-hybridized carbons (Fsp3) is 0.688. The summed E-state index contributed by atoms with van der Waals surface area (Å²) in [7, 11) is 0. The predicted molar refractivity (Wildman–Crippen MR) is 172 cm³/mol. The van der Waals surface area contributed by atoms with Crippen molar-refractivity contribution in [1.29, 1.82) is 0 Å². The molecule has 13 nitrogen and oxygen atoms in total. The fourth-order valence-electron chi connectivity index (χ4n) is 4.78. The Labute approximate surface area is 266 Å². The lowest BCUT2D eigenvalue weighted by Gasteiger charge is -2.30. The van der Waals surface area contributed by atoms with Crippen molar-refractivity contribution in [2.24, 2.45) is 17.8 Å². The van der Waals surface area contributed by atoms with Crippen molar-refractivity contribution in [3.05, 3.63) is 34.2 Å². The molecular weight excluding hydrogens is 580 g/mol. The minimum absolute atomic E-state index is 0.0592. The number of hydrogen-bond donors (Lipinski definition) is 7. The molecule has 0 fully saturated rings. The van der Waals surface area contributed by atoms with E-state index in [4.69, 9.17) is 0 Å². The van der Waals surface area contributed by atoms with Crippen LogP contribution in [0.5, 0.6) is 0 Å². The largest absolute Gasteiger partial charge is 0.390 e. The van der Waals surface area contributed by atoms with E-state index in [1.165, 1.54) is 18.3 Å². The third kappa shape index (κ3) is 13.4. The van der Waals surface area contributed by atoms with Gasteiger partial charge in [0.05, 0.1) is 24.1 Å². The second-order valence-corrected chi connectivity index (χ2v) is 12.3. The number of nitrogens with one attached hydrogen (secondary N) is 6. The zero-order valence-corrected chi connectivity index (χ0v) is 28.0. The molecule has 0 spiro atoms. The van der Waals surface area contributed by atoms with Gasteiger partial charge in [-0.05, 0) is 43.6 Å². The molecule has 0 radical (unpaired) electrons. The highest BCUT2D eigenvalue weighted by Gasteiger charge is 2.33. The second kappa shape index (κ2) is 19.6. The Bertz CT molecular complexity index is 1160. The van der Waals surface area contributed by atoms with Crippen LogP contribution in [-0.2, 0) is 19.2 Å². The summed E-state index contributed by atoms with van der Waals surface area (Å²) >= 11 is 0. The second-order valence-electron chi connectivity index (χ2n) is 12.3. The van der Waals surface area contributed by atoms with Crippen LogP contribution in [0.1, 0.15) is 97.9 Å². The molecule has 1 unspecified atom stereocenters. The molecule has 0 aliphatic heterocycles. The van der Waals surface area contributed by atoms with Gasteiger partial charge in [-0.2, -0.15) is 0 Å². The van der Waals surface area contributed by atoms with Crippen LogP contribution in [-0.4, -0.2) is 76.4 Å². The molecule has 1 aromatic heterocycles. The Morgan fingerprint density at radius 1 is 0.844 bits per heavy atom. The first-order chi connectivity index (χ1) is 21.1. The van der Waals surface area contributed by atoms with Crippen LogP contribution in [0.2, 0.25) is 0 Å². The zero-order chi connectivity index (χ0) is 34.3. The van der Waals surface area contributed by atoms with Crippen LogP contribution in [0.4, 0.5) is 0 Å². The van der Waals surface area contributed by atoms with Gasteiger partial charge in [-0.15, -0.1) is 0 Å². The first-order valence-corrected chi connectivity index (χ1v) is 16.0. The maximum absolute atomic E-state index is 13.5. The van der Waals surface area contributed by atoms with Crippen LogP contribution < -0.4 is 32.1 Å². The number of H-pyrrole nitrogens is 1. The van der Waals surface area contributed by atoms with E-state index >= 15 is 0 Å². The molecule has 254 valence electrons. The van der Waals surface area contributed by atoms with Gasteiger partial charge in [0, 0.05) is 18.8 Å². The monoisotopic (exact) mass is 634 g/mol. The van der Waals surface area contributed by atoms with Crippen LogP contribution >= 0.6 is 0 Å². The molecule has 1 aromatic rings. The molecule has 0 bridgehead atoms. The maximum Gasteiger partial charge on any atom is 0.253 e. The lowest BCUT2D eigenvalue weighted by Crippen LogP contribution is -2.58. The van der Waals surface area contributed by atoms with Gasteiger partial charge < -0.3 is 36.7 Å². The summed E-state index contributed by atoms with van der Waals surface area (Å²) in [6.07, 6.45) is 1.47. The average molecular weight is 635 g/mol. The minimum atomic E-state index is -1.25. The molecule has 0 aliphatic carbocycles. The van der Waals surface area contributed by atoms with Gasteiger partial charge in [-0.3, -0.25) is 28.8 Å². The van der Waals surface area contributed by atoms with Crippen molar-refractivity contribution in [3.8, 4) is 0 Å². The lowest BCUT2D eigenvalue weighted by molar-refractivity contribution is -0.133. The molecule has 0 saturated carbocycles. The van der Waals surface area contributed by atoms with Crippen molar-refractivity contribution in [2.75, 3.05) is 6.54 Å². The Balaban J connectivity index is 3.06. The Kier molecular flexibility index (Phi) is 17.1. The number of aliphatic hydroxyl groups excluding tert-OH is 1. The number of aliphatic hydroxyl groups is 1. The van der Waals surface area contributed by atoms with E-state index in [0.29, 0.717) is 32.2 Å². The van der Waals surface area contributed by atoms with Gasteiger partial charge in [-0.1, -0.05) is 61.3 Å². The quantitative estimate of drug-likeness (QED) is 0.119. The molecule has 1 heterocycles. The molecule has 0 aromatic carbocycles. The van der Waals surface area contributed by atoms with Gasteiger partial charge in [0.2, 0.25) is 29.2 Å². The first kappa shape index (κ1) is 39.3. The maximum atomic E-state index is 13.5. The van der Waals surface area contributed by atoms with Crippen LogP contribution in [0.25, 0.3) is 0 Å².